The number of hydrogen-bond donors (Lipinski definition) is 2. The number of aromatic nitrogens is 1. The topological polar surface area (TPSA) is 71.1 Å². The molecule has 0 bridgehead atoms. The summed E-state index contributed by atoms with van der Waals surface area (Å²) in [7, 11) is 0. The van der Waals surface area contributed by atoms with Crippen molar-refractivity contribution in [3.8, 4) is 0 Å². The van der Waals surface area contributed by atoms with E-state index in [2.05, 4.69) is 15.6 Å². The maximum absolute atomic E-state index is 12.1. The van der Waals surface area contributed by atoms with Gasteiger partial charge in [-0.3, -0.25) is 14.6 Å². The maximum atomic E-state index is 12.1. The molecular formula is C16H16ClN3O2S. The minimum Gasteiger partial charge on any atom is -0.325 e. The molecule has 0 fully saturated rings. The van der Waals surface area contributed by atoms with E-state index in [-0.39, 0.29) is 11.8 Å². The molecule has 0 atom stereocenters. The van der Waals surface area contributed by atoms with E-state index in [0.29, 0.717) is 22.2 Å². The van der Waals surface area contributed by atoms with Gasteiger partial charge in [0.15, 0.2) is 0 Å². The largest absolute Gasteiger partial charge is 0.325 e. The number of hydrogen-bond acceptors (Lipinski definition) is 4. The van der Waals surface area contributed by atoms with Crippen LogP contribution in [0.4, 0.5) is 11.4 Å². The van der Waals surface area contributed by atoms with Gasteiger partial charge in [-0.2, -0.15) is 0 Å². The number of rotatable bonds is 6. The molecule has 0 aliphatic heterocycles. The lowest BCUT2D eigenvalue weighted by molar-refractivity contribution is -0.115. The van der Waals surface area contributed by atoms with Gasteiger partial charge < -0.3 is 10.6 Å². The lowest BCUT2D eigenvalue weighted by Gasteiger charge is -2.12. The molecule has 1 aromatic carbocycles. The van der Waals surface area contributed by atoms with Crippen molar-refractivity contribution >= 4 is 46.6 Å². The van der Waals surface area contributed by atoms with Crippen molar-refractivity contribution in [2.45, 2.75) is 12.7 Å². The van der Waals surface area contributed by atoms with Gasteiger partial charge in [-0.05, 0) is 35.9 Å². The minimum atomic E-state index is -0.213. The monoisotopic (exact) mass is 349 g/mol. The average Bonchev–Trinajstić information content (AvgIpc) is 2.51. The highest BCUT2D eigenvalue weighted by Crippen LogP contribution is 2.26. The first-order chi connectivity index (χ1) is 11.0. The van der Waals surface area contributed by atoms with Crippen LogP contribution in [0.25, 0.3) is 0 Å². The molecule has 2 N–H and O–H groups in total. The summed E-state index contributed by atoms with van der Waals surface area (Å²) in [5, 5.41) is 5.92. The number of pyridine rings is 1. The van der Waals surface area contributed by atoms with Crippen LogP contribution in [0.5, 0.6) is 0 Å². The third kappa shape index (κ3) is 5.92. The molecule has 7 heteroatoms. The summed E-state index contributed by atoms with van der Waals surface area (Å²) in [4.78, 5) is 27.2. The Hall–Kier alpha value is -2.05. The molecule has 0 radical (unpaired) electrons. The first-order valence-electron chi connectivity index (χ1n) is 6.88. The Morgan fingerprint density at radius 3 is 2.57 bits per heavy atom. The van der Waals surface area contributed by atoms with Crippen molar-refractivity contribution in [3.05, 3.63) is 53.3 Å². The summed E-state index contributed by atoms with van der Waals surface area (Å²) in [6.45, 7) is 1.41. The minimum absolute atomic E-state index is 0.155. The SMILES string of the molecule is CC(=O)Nc1ccc(Cl)cc1NC(=O)CSCc1ccncc1. The molecule has 23 heavy (non-hydrogen) atoms. The molecule has 120 valence electrons. The molecule has 2 rings (SSSR count). The third-order valence-corrected chi connectivity index (χ3v) is 4.06. The number of nitrogens with one attached hydrogen (secondary N) is 2. The summed E-state index contributed by atoms with van der Waals surface area (Å²) in [6.07, 6.45) is 3.45. The molecule has 0 aliphatic rings. The summed E-state index contributed by atoms with van der Waals surface area (Å²) in [5.41, 5.74) is 2.12. The summed E-state index contributed by atoms with van der Waals surface area (Å²) in [5.74, 6) is 0.658. The molecule has 5 nitrogen and oxygen atoms in total. The van der Waals surface area contributed by atoms with Crippen molar-refractivity contribution in [1.29, 1.82) is 0 Å². The zero-order valence-electron chi connectivity index (χ0n) is 12.5. The summed E-state index contributed by atoms with van der Waals surface area (Å²) < 4.78 is 0. The van der Waals surface area contributed by atoms with Crippen molar-refractivity contribution < 1.29 is 9.59 Å². The van der Waals surface area contributed by atoms with Gasteiger partial charge in [0.25, 0.3) is 0 Å². The van der Waals surface area contributed by atoms with Gasteiger partial charge in [0.2, 0.25) is 11.8 Å². The van der Waals surface area contributed by atoms with E-state index in [1.807, 2.05) is 12.1 Å². The van der Waals surface area contributed by atoms with E-state index in [9.17, 15) is 9.59 Å². The average molecular weight is 350 g/mol. The van der Waals surface area contributed by atoms with Gasteiger partial charge in [0, 0.05) is 30.1 Å². The summed E-state index contributed by atoms with van der Waals surface area (Å²) >= 11 is 7.44. The normalized spacial score (nSPS) is 10.2. The van der Waals surface area contributed by atoms with E-state index in [4.69, 9.17) is 11.6 Å². The highest BCUT2D eigenvalue weighted by Gasteiger charge is 2.09. The Kier molecular flexibility index (Phi) is 6.43. The molecule has 2 aromatic rings. The Morgan fingerprint density at radius 2 is 1.87 bits per heavy atom. The second-order valence-electron chi connectivity index (χ2n) is 4.77. The molecule has 2 amide bonds. The van der Waals surface area contributed by atoms with Crippen molar-refractivity contribution in [1.82, 2.24) is 4.98 Å². The van der Waals surface area contributed by atoms with Crippen LogP contribution in [0.3, 0.4) is 0 Å². The quantitative estimate of drug-likeness (QED) is 0.836. The van der Waals surface area contributed by atoms with Crippen molar-refractivity contribution in [2.24, 2.45) is 0 Å². The van der Waals surface area contributed by atoms with Gasteiger partial charge in [0.1, 0.15) is 0 Å². The number of amides is 2. The third-order valence-electron chi connectivity index (χ3n) is 2.82. The number of carbonyl (C=O) groups is 2. The second kappa shape index (κ2) is 8.55. The van der Waals surface area contributed by atoms with Crippen LogP contribution in [0.15, 0.2) is 42.7 Å². The number of thioether (sulfide) groups is 1. The number of benzene rings is 1. The lowest BCUT2D eigenvalue weighted by atomic mass is 10.2. The standard InChI is InChI=1S/C16H16ClN3O2S/c1-11(21)19-14-3-2-13(17)8-15(14)20-16(22)10-23-9-12-4-6-18-7-5-12/h2-8H,9-10H2,1H3,(H,19,21)(H,20,22). The Balaban J connectivity index is 1.91. The van der Waals surface area contributed by atoms with Gasteiger partial charge in [-0.15, -0.1) is 11.8 Å². The fourth-order valence-electron chi connectivity index (χ4n) is 1.85. The zero-order chi connectivity index (χ0) is 16.7. The number of carbonyl (C=O) groups excluding carboxylic acids is 2. The number of nitrogens with zero attached hydrogens (tertiary/aromatic N) is 1. The molecule has 1 heterocycles. The van der Waals surface area contributed by atoms with Crippen molar-refractivity contribution in [3.63, 3.8) is 0 Å². The van der Waals surface area contributed by atoms with Crippen LogP contribution >= 0.6 is 23.4 Å². The van der Waals surface area contributed by atoms with Gasteiger partial charge in [0.05, 0.1) is 17.1 Å². The zero-order valence-corrected chi connectivity index (χ0v) is 14.1. The van der Waals surface area contributed by atoms with Gasteiger partial charge in [-0.25, -0.2) is 0 Å². The first-order valence-corrected chi connectivity index (χ1v) is 8.41. The van der Waals surface area contributed by atoms with E-state index in [1.165, 1.54) is 18.7 Å². The molecular weight excluding hydrogens is 334 g/mol. The Morgan fingerprint density at radius 1 is 1.13 bits per heavy atom. The van der Waals surface area contributed by atoms with Crippen molar-refractivity contribution in [2.75, 3.05) is 16.4 Å². The van der Waals surface area contributed by atoms with E-state index in [1.54, 1.807) is 30.6 Å². The highest BCUT2D eigenvalue weighted by molar-refractivity contribution is 7.99. The molecule has 0 aliphatic carbocycles. The van der Waals surface area contributed by atoms with Crippen LogP contribution in [0, 0.1) is 0 Å². The predicted molar refractivity (Wildman–Crippen MR) is 94.8 cm³/mol. The molecule has 0 saturated heterocycles. The predicted octanol–water partition coefficient (Wildman–Crippen LogP) is 3.57. The van der Waals surface area contributed by atoms with Crippen LogP contribution in [-0.2, 0) is 15.3 Å². The molecule has 0 unspecified atom stereocenters. The smallest absolute Gasteiger partial charge is 0.234 e. The van der Waals surface area contributed by atoms with Crippen LogP contribution in [0.2, 0.25) is 5.02 Å². The number of halogens is 1. The first kappa shape index (κ1) is 17.3. The molecule has 0 spiro atoms. The summed E-state index contributed by atoms with van der Waals surface area (Å²) in [6, 6.07) is 8.75. The fraction of sp³-hybridized carbons (Fsp3) is 0.188. The number of anilines is 2. The van der Waals surface area contributed by atoms with E-state index >= 15 is 0 Å². The van der Waals surface area contributed by atoms with Crippen LogP contribution < -0.4 is 10.6 Å². The fourth-order valence-corrected chi connectivity index (χ4v) is 2.81. The molecule has 0 saturated carbocycles. The Bertz CT molecular complexity index is 695. The van der Waals surface area contributed by atoms with E-state index in [0.717, 1.165) is 11.3 Å². The molecule has 1 aromatic heterocycles. The van der Waals surface area contributed by atoms with Crippen LogP contribution in [0.1, 0.15) is 12.5 Å². The van der Waals surface area contributed by atoms with Crippen LogP contribution in [-0.4, -0.2) is 22.6 Å². The van der Waals surface area contributed by atoms with Gasteiger partial charge >= 0.3 is 0 Å². The lowest BCUT2D eigenvalue weighted by Crippen LogP contribution is -2.16. The maximum Gasteiger partial charge on any atom is 0.234 e. The van der Waals surface area contributed by atoms with E-state index < -0.39 is 0 Å². The Labute approximate surface area is 143 Å². The van der Waals surface area contributed by atoms with Gasteiger partial charge in [-0.1, -0.05) is 11.6 Å². The second-order valence-corrected chi connectivity index (χ2v) is 6.19. The highest BCUT2D eigenvalue weighted by atomic mass is 35.5.